The van der Waals surface area contributed by atoms with E-state index in [2.05, 4.69) is 4.72 Å². The van der Waals surface area contributed by atoms with Gasteiger partial charge < -0.3 is 9.30 Å². The highest BCUT2D eigenvalue weighted by molar-refractivity contribution is 7.92. The van der Waals surface area contributed by atoms with E-state index in [1.165, 1.54) is 0 Å². The molecule has 0 saturated heterocycles. The van der Waals surface area contributed by atoms with Crippen LogP contribution < -0.4 is 9.46 Å². The van der Waals surface area contributed by atoms with E-state index in [-0.39, 0.29) is 5.75 Å². The molecule has 0 atom stereocenters. The van der Waals surface area contributed by atoms with Crippen LogP contribution >= 0.6 is 34.8 Å². The average Bonchev–Trinajstić information content (AvgIpc) is 2.93. The first-order valence-electron chi connectivity index (χ1n) is 7.95. The average molecular weight is 444 g/mol. The molecule has 1 aliphatic rings. The third-order valence-corrected chi connectivity index (χ3v) is 6.45. The van der Waals surface area contributed by atoms with Crippen LogP contribution in [0.4, 0.5) is 5.82 Å². The minimum atomic E-state index is -3.35. The Bertz CT molecular complexity index is 1130. The van der Waals surface area contributed by atoms with Crippen LogP contribution in [-0.4, -0.2) is 18.7 Å². The van der Waals surface area contributed by atoms with E-state index in [1.54, 1.807) is 41.0 Å². The topological polar surface area (TPSA) is 60.3 Å². The van der Waals surface area contributed by atoms with Crippen molar-refractivity contribution in [2.45, 2.75) is 6.54 Å². The molecule has 0 spiro atoms. The normalized spacial score (nSPS) is 15.1. The van der Waals surface area contributed by atoms with E-state index in [9.17, 15) is 8.42 Å². The molecule has 27 heavy (non-hydrogen) atoms. The molecule has 5 nitrogen and oxygen atoms in total. The molecule has 0 saturated carbocycles. The minimum absolute atomic E-state index is 0.00424. The molecule has 0 amide bonds. The first-order valence-corrected chi connectivity index (χ1v) is 10.7. The number of ether oxygens (including phenoxy) is 1. The molecule has 2 aromatic carbocycles. The van der Waals surface area contributed by atoms with Gasteiger partial charge in [0.25, 0.3) is 0 Å². The van der Waals surface area contributed by atoms with Gasteiger partial charge in [-0.3, -0.25) is 4.72 Å². The zero-order valence-electron chi connectivity index (χ0n) is 13.7. The van der Waals surface area contributed by atoms with Crippen LogP contribution in [0.3, 0.4) is 0 Å². The van der Waals surface area contributed by atoms with E-state index < -0.39 is 10.0 Å². The van der Waals surface area contributed by atoms with Gasteiger partial charge in [-0.05, 0) is 35.9 Å². The van der Waals surface area contributed by atoms with E-state index in [4.69, 9.17) is 39.5 Å². The van der Waals surface area contributed by atoms with Gasteiger partial charge in [0.15, 0.2) is 0 Å². The summed E-state index contributed by atoms with van der Waals surface area (Å²) in [4.78, 5) is 0. The molecule has 140 valence electrons. The lowest BCUT2D eigenvalue weighted by Crippen LogP contribution is -2.27. The number of halogens is 3. The Morgan fingerprint density at radius 1 is 0.926 bits per heavy atom. The van der Waals surface area contributed by atoms with Crippen molar-refractivity contribution >= 4 is 50.6 Å². The van der Waals surface area contributed by atoms with Gasteiger partial charge in [0.1, 0.15) is 22.5 Å². The fraction of sp³-hybridized carbons (Fsp3) is 0.111. The van der Waals surface area contributed by atoms with E-state index >= 15 is 0 Å². The number of benzene rings is 2. The summed E-state index contributed by atoms with van der Waals surface area (Å²) in [7, 11) is -3.35. The summed E-state index contributed by atoms with van der Waals surface area (Å²) in [5, 5.41) is 1.35. The van der Waals surface area contributed by atoms with E-state index in [1.807, 2.05) is 12.1 Å². The summed E-state index contributed by atoms with van der Waals surface area (Å²) < 4.78 is 33.9. The van der Waals surface area contributed by atoms with Crippen molar-refractivity contribution in [3.63, 3.8) is 0 Å². The van der Waals surface area contributed by atoms with Crippen LogP contribution in [0.25, 0.3) is 11.1 Å². The molecule has 0 fully saturated rings. The van der Waals surface area contributed by atoms with Crippen LogP contribution in [0, 0.1) is 0 Å². The summed E-state index contributed by atoms with van der Waals surface area (Å²) in [6.45, 7) is 0.321. The molecule has 0 unspecified atom stereocenters. The first kappa shape index (κ1) is 18.5. The van der Waals surface area contributed by atoms with Crippen LogP contribution in [0.15, 0.2) is 48.5 Å². The van der Waals surface area contributed by atoms with Crippen molar-refractivity contribution in [1.82, 2.24) is 4.57 Å². The number of hydrogen-bond donors (Lipinski definition) is 1. The molecule has 0 bridgehead atoms. The maximum Gasteiger partial charge on any atom is 0.235 e. The summed E-state index contributed by atoms with van der Waals surface area (Å²) in [6.07, 6.45) is 0. The zero-order chi connectivity index (χ0) is 19.2. The predicted molar refractivity (Wildman–Crippen MR) is 109 cm³/mol. The Kier molecular flexibility index (Phi) is 4.76. The Morgan fingerprint density at radius 2 is 1.63 bits per heavy atom. The highest BCUT2D eigenvalue weighted by atomic mass is 35.5. The van der Waals surface area contributed by atoms with Crippen LogP contribution in [0.1, 0.15) is 0 Å². The number of fused-ring (bicyclic) bond motifs is 1. The lowest BCUT2D eigenvalue weighted by molar-refractivity contribution is 0.483. The van der Waals surface area contributed by atoms with Gasteiger partial charge in [-0.25, -0.2) is 8.42 Å². The summed E-state index contributed by atoms with van der Waals surface area (Å²) in [6, 6.07) is 14.0. The number of sulfonamides is 1. The Hall–Kier alpha value is -1.86. The van der Waals surface area contributed by atoms with Crippen molar-refractivity contribution in [2.75, 3.05) is 10.5 Å². The number of hydrogen-bond acceptors (Lipinski definition) is 3. The minimum Gasteiger partial charge on any atom is -0.457 e. The molecular formula is C18H13Cl3N2O3S. The monoisotopic (exact) mass is 442 g/mol. The van der Waals surface area contributed by atoms with Crippen molar-refractivity contribution in [3.05, 3.63) is 63.7 Å². The van der Waals surface area contributed by atoms with E-state index in [0.29, 0.717) is 44.6 Å². The third-order valence-electron chi connectivity index (χ3n) is 4.17. The van der Waals surface area contributed by atoms with Crippen LogP contribution in [0.2, 0.25) is 15.2 Å². The highest BCUT2D eigenvalue weighted by Crippen LogP contribution is 2.37. The van der Waals surface area contributed by atoms with Crippen molar-refractivity contribution < 1.29 is 13.2 Å². The number of rotatable bonds is 3. The van der Waals surface area contributed by atoms with Gasteiger partial charge in [-0.15, -0.1) is 0 Å². The Labute approximate surface area is 171 Å². The van der Waals surface area contributed by atoms with Crippen molar-refractivity contribution in [2.24, 2.45) is 0 Å². The molecule has 0 aliphatic carbocycles. The van der Waals surface area contributed by atoms with Crippen LogP contribution in [0.5, 0.6) is 11.5 Å². The largest absolute Gasteiger partial charge is 0.457 e. The Balaban J connectivity index is 1.62. The number of anilines is 1. The van der Waals surface area contributed by atoms with E-state index in [0.717, 1.165) is 5.56 Å². The zero-order valence-corrected chi connectivity index (χ0v) is 16.8. The molecular weight excluding hydrogens is 431 g/mol. The highest BCUT2D eigenvalue weighted by Gasteiger charge is 2.25. The molecule has 2 heterocycles. The van der Waals surface area contributed by atoms with Gasteiger partial charge in [0.05, 0.1) is 15.8 Å². The lowest BCUT2D eigenvalue weighted by Gasteiger charge is -2.19. The molecule has 9 heteroatoms. The summed E-state index contributed by atoms with van der Waals surface area (Å²) in [5.41, 5.74) is 1.53. The quantitative estimate of drug-likeness (QED) is 0.568. The number of nitrogens with one attached hydrogen (secondary N) is 1. The predicted octanol–water partition coefficient (Wildman–Crippen LogP) is 5.66. The van der Waals surface area contributed by atoms with Gasteiger partial charge in [0.2, 0.25) is 10.0 Å². The second kappa shape index (κ2) is 6.95. The molecule has 4 rings (SSSR count). The second-order valence-electron chi connectivity index (χ2n) is 6.00. The first-order chi connectivity index (χ1) is 12.8. The second-order valence-corrected chi connectivity index (χ2v) is 9.05. The van der Waals surface area contributed by atoms with Gasteiger partial charge >= 0.3 is 0 Å². The van der Waals surface area contributed by atoms with Gasteiger partial charge in [-0.1, -0.05) is 46.9 Å². The lowest BCUT2D eigenvalue weighted by atomic mass is 10.1. The maximum atomic E-state index is 11.9. The maximum absolute atomic E-state index is 11.9. The Morgan fingerprint density at radius 3 is 2.33 bits per heavy atom. The third kappa shape index (κ3) is 3.75. The van der Waals surface area contributed by atoms with Crippen LogP contribution in [-0.2, 0) is 16.6 Å². The summed E-state index contributed by atoms with van der Waals surface area (Å²) in [5.74, 6) is 1.65. The van der Waals surface area contributed by atoms with Gasteiger partial charge in [-0.2, -0.15) is 0 Å². The fourth-order valence-corrected chi connectivity index (χ4v) is 4.46. The smallest absolute Gasteiger partial charge is 0.235 e. The number of aromatic nitrogens is 1. The molecule has 3 aromatic rings. The molecule has 1 N–H and O–H groups in total. The summed E-state index contributed by atoms with van der Waals surface area (Å²) >= 11 is 18.2. The van der Waals surface area contributed by atoms with Crippen molar-refractivity contribution in [3.8, 4) is 22.6 Å². The molecule has 0 radical (unpaired) electrons. The number of nitrogens with zero attached hydrogens (tertiary/aromatic N) is 1. The fourth-order valence-electron chi connectivity index (χ4n) is 2.86. The molecule has 1 aliphatic heterocycles. The SMILES string of the molecule is O=S1(=O)CCn2c(Cl)cc(-c3ccc(Oc4ccc(Cl)c(Cl)c4)cc3)c2N1. The standard InChI is InChI=1S/C18H13Cl3N2O3S/c19-15-6-5-13(9-16(15)20)26-12-3-1-11(2-4-12)14-10-17(21)23-7-8-27(24,25)22-18(14)23/h1-6,9-10,22H,7-8H2. The van der Waals surface area contributed by atoms with Gasteiger partial charge in [0, 0.05) is 18.2 Å². The van der Waals surface area contributed by atoms with Crippen molar-refractivity contribution in [1.29, 1.82) is 0 Å². The molecule has 1 aromatic heterocycles.